The topological polar surface area (TPSA) is 91.8 Å². The van der Waals surface area contributed by atoms with Gasteiger partial charge in [-0.25, -0.2) is 12.8 Å². The van der Waals surface area contributed by atoms with Crippen LogP contribution in [0.5, 0.6) is 0 Å². The molecule has 0 fully saturated rings. The fraction of sp³-hybridized carbons (Fsp3) is 0.176. The van der Waals surface area contributed by atoms with Crippen molar-refractivity contribution in [3.05, 3.63) is 59.9 Å². The molecule has 0 aromatic heterocycles. The van der Waals surface area contributed by atoms with Gasteiger partial charge in [0.05, 0.1) is 17.0 Å². The van der Waals surface area contributed by atoms with E-state index < -0.39 is 27.6 Å². The molecule has 0 bridgehead atoms. The Bertz CT molecular complexity index is 894. The number of nitrogens with zero attached hydrogens (tertiary/aromatic N) is 1. The number of anilines is 1. The minimum absolute atomic E-state index is 0.0934. The van der Waals surface area contributed by atoms with Crippen molar-refractivity contribution >= 4 is 27.5 Å². The molecule has 8 heteroatoms. The van der Waals surface area contributed by atoms with Crippen LogP contribution in [0.25, 0.3) is 0 Å². The normalized spacial score (nSPS) is 11.1. The summed E-state index contributed by atoms with van der Waals surface area (Å²) in [6.07, 6.45) is -0.467. The summed E-state index contributed by atoms with van der Waals surface area (Å²) in [5.74, 6) is -2.15. The lowest BCUT2D eigenvalue weighted by molar-refractivity contribution is -0.136. The zero-order valence-electron chi connectivity index (χ0n) is 13.3. The second-order valence-corrected chi connectivity index (χ2v) is 7.23. The smallest absolute Gasteiger partial charge is 0.303 e. The molecule has 0 aliphatic rings. The Morgan fingerprint density at radius 1 is 1.04 bits per heavy atom. The zero-order chi connectivity index (χ0) is 18.6. The van der Waals surface area contributed by atoms with Gasteiger partial charge in [-0.2, -0.15) is 0 Å². The molecule has 1 N–H and O–H groups in total. The van der Waals surface area contributed by atoms with E-state index in [0.29, 0.717) is 0 Å². The molecule has 0 amide bonds. The summed E-state index contributed by atoms with van der Waals surface area (Å²) >= 11 is 0. The maximum Gasteiger partial charge on any atom is 0.303 e. The summed E-state index contributed by atoms with van der Waals surface area (Å²) in [6.45, 7) is 0. The lowest BCUT2D eigenvalue weighted by Gasteiger charge is -2.20. The van der Waals surface area contributed by atoms with Crippen LogP contribution in [0.3, 0.4) is 0 Å². The van der Waals surface area contributed by atoms with E-state index in [1.807, 2.05) is 0 Å². The number of aliphatic carboxylic acids is 1. The van der Waals surface area contributed by atoms with Gasteiger partial charge in [0.1, 0.15) is 5.82 Å². The number of sulfonamides is 1. The Hall–Kier alpha value is -2.74. The first-order valence-electron chi connectivity index (χ1n) is 7.32. The third-order valence-corrected chi connectivity index (χ3v) is 5.38. The molecule has 2 aromatic carbocycles. The predicted octanol–water partition coefficient (Wildman–Crippen LogP) is 2.70. The van der Waals surface area contributed by atoms with Crippen LogP contribution in [-0.2, 0) is 14.8 Å². The first-order chi connectivity index (χ1) is 11.7. The highest BCUT2D eigenvalue weighted by Crippen LogP contribution is 2.24. The lowest BCUT2D eigenvalue weighted by Crippen LogP contribution is -2.27. The van der Waals surface area contributed by atoms with E-state index in [0.717, 1.165) is 10.4 Å². The van der Waals surface area contributed by atoms with E-state index in [4.69, 9.17) is 5.11 Å². The van der Waals surface area contributed by atoms with Crippen molar-refractivity contribution < 1.29 is 27.5 Å². The van der Waals surface area contributed by atoms with Crippen LogP contribution in [0.4, 0.5) is 10.1 Å². The summed E-state index contributed by atoms with van der Waals surface area (Å²) in [5, 5.41) is 8.58. The quantitative estimate of drug-likeness (QED) is 0.762. The largest absolute Gasteiger partial charge is 0.481 e. The average molecular weight is 365 g/mol. The maximum atomic E-state index is 13.8. The molecule has 0 heterocycles. The molecule has 0 aliphatic heterocycles. The second kappa shape index (κ2) is 7.43. The highest BCUT2D eigenvalue weighted by molar-refractivity contribution is 7.92. The molecule has 0 aliphatic carbocycles. The number of hydrogen-bond acceptors (Lipinski definition) is 4. The van der Waals surface area contributed by atoms with Crippen LogP contribution in [0, 0.1) is 5.82 Å². The molecule has 0 saturated heterocycles. The van der Waals surface area contributed by atoms with Gasteiger partial charge in [-0.05, 0) is 24.3 Å². The summed E-state index contributed by atoms with van der Waals surface area (Å²) in [5.41, 5.74) is 0.123. The standard InChI is InChI=1S/C17H16FNO5S/c1-19(15-5-3-2-4-14(15)18)25(23,24)13-8-6-12(7-9-13)16(20)10-11-17(21)22/h2-9H,10-11H2,1H3,(H,21,22). The highest BCUT2D eigenvalue weighted by Gasteiger charge is 2.23. The SMILES string of the molecule is CN(c1ccccc1F)S(=O)(=O)c1ccc(C(=O)CCC(=O)O)cc1. The second-order valence-electron chi connectivity index (χ2n) is 5.27. The van der Waals surface area contributed by atoms with Crippen molar-refractivity contribution in [1.82, 2.24) is 0 Å². The van der Waals surface area contributed by atoms with E-state index in [2.05, 4.69) is 0 Å². The maximum absolute atomic E-state index is 13.8. The number of carboxylic acids is 1. The van der Waals surface area contributed by atoms with Gasteiger partial charge in [0.25, 0.3) is 10.0 Å². The Kier molecular flexibility index (Phi) is 5.53. The minimum atomic E-state index is -3.99. The number of benzene rings is 2. The molecule has 2 aromatic rings. The van der Waals surface area contributed by atoms with Crippen LogP contribution in [-0.4, -0.2) is 32.3 Å². The van der Waals surface area contributed by atoms with Gasteiger partial charge < -0.3 is 5.11 Å². The van der Waals surface area contributed by atoms with Crippen molar-refractivity contribution in [3.8, 4) is 0 Å². The van der Waals surface area contributed by atoms with E-state index in [1.54, 1.807) is 0 Å². The van der Waals surface area contributed by atoms with E-state index in [1.165, 1.54) is 49.5 Å². The number of ketones is 1. The number of para-hydroxylation sites is 1. The van der Waals surface area contributed by atoms with Gasteiger partial charge in [-0.15, -0.1) is 0 Å². The predicted molar refractivity (Wildman–Crippen MR) is 89.6 cm³/mol. The first-order valence-corrected chi connectivity index (χ1v) is 8.76. The van der Waals surface area contributed by atoms with Crippen LogP contribution in [0.1, 0.15) is 23.2 Å². The average Bonchev–Trinajstić information content (AvgIpc) is 2.59. The van der Waals surface area contributed by atoms with Gasteiger partial charge in [0.2, 0.25) is 0 Å². The van der Waals surface area contributed by atoms with Gasteiger partial charge >= 0.3 is 5.97 Å². The molecular weight excluding hydrogens is 349 g/mol. The summed E-state index contributed by atoms with van der Waals surface area (Å²) in [4.78, 5) is 22.2. The number of halogens is 1. The molecule has 6 nitrogen and oxygen atoms in total. The lowest BCUT2D eigenvalue weighted by atomic mass is 10.1. The number of carbonyl (C=O) groups excluding carboxylic acids is 1. The fourth-order valence-corrected chi connectivity index (χ4v) is 3.38. The minimum Gasteiger partial charge on any atom is -0.481 e. The van der Waals surface area contributed by atoms with Gasteiger partial charge in [-0.3, -0.25) is 13.9 Å². The number of rotatable bonds is 7. The fourth-order valence-electron chi connectivity index (χ4n) is 2.17. The van der Waals surface area contributed by atoms with Crippen LogP contribution in [0.15, 0.2) is 53.4 Å². The molecule has 25 heavy (non-hydrogen) atoms. The molecule has 0 atom stereocenters. The van der Waals surface area contributed by atoms with Crippen molar-refractivity contribution in [2.24, 2.45) is 0 Å². The number of carbonyl (C=O) groups is 2. The van der Waals surface area contributed by atoms with Gasteiger partial charge in [0, 0.05) is 19.0 Å². The number of Topliss-reactive ketones (excluding diaryl/α,β-unsaturated/α-hetero) is 1. The summed E-state index contributed by atoms with van der Waals surface area (Å²) in [6, 6.07) is 10.6. The Morgan fingerprint density at radius 3 is 2.20 bits per heavy atom. The van der Waals surface area contributed by atoms with E-state index in [9.17, 15) is 22.4 Å². The van der Waals surface area contributed by atoms with E-state index in [-0.39, 0.29) is 29.0 Å². The number of hydrogen-bond donors (Lipinski definition) is 1. The third kappa shape index (κ3) is 4.21. The Balaban J connectivity index is 2.24. The number of carboxylic acid groups (broad SMARTS) is 1. The monoisotopic (exact) mass is 365 g/mol. The molecule has 132 valence electrons. The van der Waals surface area contributed by atoms with Gasteiger partial charge in [0.15, 0.2) is 5.78 Å². The Morgan fingerprint density at radius 2 is 1.64 bits per heavy atom. The van der Waals surface area contributed by atoms with Crippen molar-refractivity contribution in [2.45, 2.75) is 17.7 Å². The third-order valence-electron chi connectivity index (χ3n) is 3.59. The van der Waals surface area contributed by atoms with Crippen molar-refractivity contribution in [3.63, 3.8) is 0 Å². The molecule has 0 radical (unpaired) electrons. The summed E-state index contributed by atoms with van der Waals surface area (Å²) < 4.78 is 39.8. The molecule has 2 rings (SSSR count). The molecule has 0 saturated carbocycles. The van der Waals surface area contributed by atoms with E-state index >= 15 is 0 Å². The van der Waals surface area contributed by atoms with Crippen molar-refractivity contribution in [2.75, 3.05) is 11.4 Å². The molecular formula is C17H16FNO5S. The molecule has 0 spiro atoms. The first kappa shape index (κ1) is 18.6. The van der Waals surface area contributed by atoms with Crippen molar-refractivity contribution in [1.29, 1.82) is 0 Å². The molecule has 0 unspecified atom stereocenters. The summed E-state index contributed by atoms with van der Waals surface area (Å²) in [7, 11) is -2.76. The van der Waals surface area contributed by atoms with Crippen LogP contribution < -0.4 is 4.31 Å². The van der Waals surface area contributed by atoms with Crippen LogP contribution >= 0.6 is 0 Å². The van der Waals surface area contributed by atoms with Gasteiger partial charge in [-0.1, -0.05) is 24.3 Å². The van der Waals surface area contributed by atoms with Crippen LogP contribution in [0.2, 0.25) is 0 Å². The highest BCUT2D eigenvalue weighted by atomic mass is 32.2. The zero-order valence-corrected chi connectivity index (χ0v) is 14.2. The Labute approximate surface area is 144 Å².